The van der Waals surface area contributed by atoms with Crippen molar-refractivity contribution in [1.82, 2.24) is 10.3 Å². The zero-order valence-corrected chi connectivity index (χ0v) is 11.7. The van der Waals surface area contributed by atoms with Gasteiger partial charge in [0.05, 0.1) is 12.3 Å². The Labute approximate surface area is 114 Å². The molecular weight excluding hydrogens is 270 g/mol. The van der Waals surface area contributed by atoms with Gasteiger partial charge in [-0.2, -0.15) is 0 Å². The van der Waals surface area contributed by atoms with Crippen molar-refractivity contribution in [3.8, 4) is 0 Å². The van der Waals surface area contributed by atoms with E-state index in [9.17, 15) is 9.59 Å². The molecule has 4 N–H and O–H groups in total. The van der Waals surface area contributed by atoms with E-state index in [0.717, 1.165) is 5.69 Å². The number of urea groups is 1. The zero-order valence-electron chi connectivity index (χ0n) is 10.9. The van der Waals surface area contributed by atoms with Crippen LogP contribution in [0.3, 0.4) is 0 Å². The summed E-state index contributed by atoms with van der Waals surface area (Å²) in [6.45, 7) is 5.32. The lowest BCUT2D eigenvalue weighted by Gasteiger charge is -2.14. The number of nitrogens with zero attached hydrogens (tertiary/aromatic N) is 1. The van der Waals surface area contributed by atoms with Crippen LogP contribution in [0.25, 0.3) is 0 Å². The molecule has 1 aromatic rings. The first-order valence-electron chi connectivity index (χ1n) is 5.61. The Morgan fingerprint density at radius 1 is 1.47 bits per heavy atom. The van der Waals surface area contributed by atoms with Crippen molar-refractivity contribution >= 4 is 28.5 Å². The number of aromatic nitrogens is 1. The van der Waals surface area contributed by atoms with Crippen LogP contribution in [-0.2, 0) is 10.2 Å². The number of aliphatic hydroxyl groups is 1. The van der Waals surface area contributed by atoms with Gasteiger partial charge in [0.2, 0.25) is 0 Å². The number of nitrogens with one attached hydrogen (secondary N) is 2. The zero-order chi connectivity index (χ0) is 14.6. The highest BCUT2D eigenvalue weighted by Crippen LogP contribution is 2.26. The second kappa shape index (κ2) is 5.98. The van der Waals surface area contributed by atoms with Crippen molar-refractivity contribution in [3.05, 3.63) is 11.1 Å². The van der Waals surface area contributed by atoms with Gasteiger partial charge in [-0.05, 0) is 0 Å². The third-order valence-electron chi connectivity index (χ3n) is 2.28. The van der Waals surface area contributed by atoms with Gasteiger partial charge in [0.1, 0.15) is 0 Å². The first-order chi connectivity index (χ1) is 8.74. The van der Waals surface area contributed by atoms with E-state index in [-0.39, 0.29) is 5.41 Å². The molecule has 19 heavy (non-hydrogen) atoms. The summed E-state index contributed by atoms with van der Waals surface area (Å²) in [5.74, 6) is -1.30. The van der Waals surface area contributed by atoms with E-state index in [4.69, 9.17) is 10.2 Å². The lowest BCUT2D eigenvalue weighted by atomic mass is 9.93. The maximum atomic E-state index is 11.5. The number of carboxylic acid groups (broad SMARTS) is 1. The lowest BCUT2D eigenvalue weighted by molar-refractivity contribution is -0.140. The van der Waals surface area contributed by atoms with Gasteiger partial charge in [0.25, 0.3) is 0 Å². The number of amides is 2. The predicted octanol–water partition coefficient (Wildman–Crippen LogP) is 1.01. The highest BCUT2D eigenvalue weighted by Gasteiger charge is 2.21. The van der Waals surface area contributed by atoms with Crippen molar-refractivity contribution < 1.29 is 19.8 Å². The molecule has 1 heterocycles. The van der Waals surface area contributed by atoms with Crippen molar-refractivity contribution in [2.75, 3.05) is 11.9 Å². The Morgan fingerprint density at radius 3 is 2.53 bits per heavy atom. The number of hydrogen-bond acceptors (Lipinski definition) is 5. The Hall–Kier alpha value is -1.67. The molecule has 0 aliphatic rings. The number of carbonyl (C=O) groups is 2. The summed E-state index contributed by atoms with van der Waals surface area (Å²) in [4.78, 5) is 26.4. The third kappa shape index (κ3) is 4.49. The largest absolute Gasteiger partial charge is 0.480 e. The van der Waals surface area contributed by atoms with Gasteiger partial charge < -0.3 is 15.5 Å². The monoisotopic (exact) mass is 287 g/mol. The van der Waals surface area contributed by atoms with E-state index in [1.54, 1.807) is 0 Å². The summed E-state index contributed by atoms with van der Waals surface area (Å²) in [6.07, 6.45) is 0. The number of aliphatic carboxylic acids is 1. The molecule has 2 amide bonds. The van der Waals surface area contributed by atoms with Gasteiger partial charge in [-0.15, -0.1) is 11.3 Å². The maximum Gasteiger partial charge on any atom is 0.328 e. The van der Waals surface area contributed by atoms with Crippen LogP contribution in [0.15, 0.2) is 5.38 Å². The molecule has 1 unspecified atom stereocenters. The highest BCUT2D eigenvalue weighted by molar-refractivity contribution is 7.13. The van der Waals surface area contributed by atoms with Gasteiger partial charge in [0, 0.05) is 10.8 Å². The number of rotatable bonds is 4. The van der Waals surface area contributed by atoms with Crippen LogP contribution in [0.1, 0.15) is 26.5 Å². The van der Waals surface area contributed by atoms with E-state index in [0.29, 0.717) is 5.13 Å². The number of carboxylic acids is 1. The average Bonchev–Trinajstić information content (AvgIpc) is 2.73. The van der Waals surface area contributed by atoms with Crippen molar-refractivity contribution in [1.29, 1.82) is 0 Å². The SMILES string of the molecule is CC(C)(C)c1csc(NC(=O)NC(CO)C(=O)O)n1. The molecule has 7 nitrogen and oxygen atoms in total. The molecule has 1 aromatic heterocycles. The topological polar surface area (TPSA) is 112 Å². The quantitative estimate of drug-likeness (QED) is 0.660. The van der Waals surface area contributed by atoms with Gasteiger partial charge in [-0.1, -0.05) is 20.8 Å². The Balaban J connectivity index is 2.62. The minimum absolute atomic E-state index is 0.123. The molecule has 0 bridgehead atoms. The van der Waals surface area contributed by atoms with Crippen LogP contribution in [0.4, 0.5) is 9.93 Å². The number of carbonyl (C=O) groups excluding carboxylic acids is 1. The Kier molecular flexibility index (Phi) is 4.84. The molecule has 0 aliphatic carbocycles. The molecule has 0 saturated heterocycles. The molecule has 106 valence electrons. The maximum absolute atomic E-state index is 11.5. The summed E-state index contributed by atoms with van der Waals surface area (Å²) < 4.78 is 0. The normalized spacial score (nSPS) is 12.8. The summed E-state index contributed by atoms with van der Waals surface area (Å²) in [7, 11) is 0. The van der Waals surface area contributed by atoms with E-state index in [2.05, 4.69) is 15.6 Å². The van der Waals surface area contributed by atoms with E-state index in [1.807, 2.05) is 26.2 Å². The van der Waals surface area contributed by atoms with Crippen molar-refractivity contribution in [2.24, 2.45) is 0 Å². The third-order valence-corrected chi connectivity index (χ3v) is 3.04. The molecule has 0 fully saturated rings. The van der Waals surface area contributed by atoms with Gasteiger partial charge in [0.15, 0.2) is 11.2 Å². The van der Waals surface area contributed by atoms with E-state index < -0.39 is 24.6 Å². The molecule has 0 aliphatic heterocycles. The number of thiazole rings is 1. The van der Waals surface area contributed by atoms with Crippen molar-refractivity contribution in [3.63, 3.8) is 0 Å². The van der Waals surface area contributed by atoms with Crippen molar-refractivity contribution in [2.45, 2.75) is 32.2 Å². The first kappa shape index (κ1) is 15.4. The molecule has 0 saturated carbocycles. The fourth-order valence-corrected chi connectivity index (χ4v) is 2.08. The molecule has 0 radical (unpaired) electrons. The van der Waals surface area contributed by atoms with E-state index >= 15 is 0 Å². The average molecular weight is 287 g/mol. The molecule has 1 rings (SSSR count). The van der Waals surface area contributed by atoms with Gasteiger partial charge in [-0.3, -0.25) is 5.32 Å². The minimum Gasteiger partial charge on any atom is -0.480 e. The number of hydrogen-bond donors (Lipinski definition) is 4. The standard InChI is InChI=1S/C11H17N3O4S/c1-11(2,3)7-5-19-10(13-7)14-9(18)12-6(4-15)8(16)17/h5-6,15H,4H2,1-3H3,(H,16,17)(H2,12,13,14,18). The van der Waals surface area contributed by atoms with Crippen LogP contribution >= 0.6 is 11.3 Å². The molecule has 8 heteroatoms. The van der Waals surface area contributed by atoms with Crippen LogP contribution in [-0.4, -0.2) is 39.8 Å². The summed E-state index contributed by atoms with van der Waals surface area (Å²) >= 11 is 1.25. The molecule has 0 spiro atoms. The summed E-state index contributed by atoms with van der Waals surface area (Å²) in [5, 5.41) is 24.2. The number of aliphatic hydroxyl groups excluding tert-OH is 1. The predicted molar refractivity (Wildman–Crippen MR) is 71.5 cm³/mol. The lowest BCUT2D eigenvalue weighted by Crippen LogP contribution is -2.45. The van der Waals surface area contributed by atoms with E-state index in [1.165, 1.54) is 11.3 Å². The fraction of sp³-hybridized carbons (Fsp3) is 0.545. The molecule has 0 aromatic carbocycles. The van der Waals surface area contributed by atoms with Gasteiger partial charge in [-0.25, -0.2) is 14.6 Å². The fourth-order valence-electron chi connectivity index (χ4n) is 1.15. The molecular formula is C11H17N3O4S. The molecule has 1 atom stereocenters. The summed E-state index contributed by atoms with van der Waals surface area (Å²) in [5.41, 5.74) is 0.714. The second-order valence-electron chi connectivity index (χ2n) is 4.96. The smallest absolute Gasteiger partial charge is 0.328 e. The summed E-state index contributed by atoms with van der Waals surface area (Å²) in [6, 6.07) is -2.04. The number of anilines is 1. The van der Waals surface area contributed by atoms with Crippen LogP contribution in [0.2, 0.25) is 0 Å². The first-order valence-corrected chi connectivity index (χ1v) is 6.49. The Bertz CT molecular complexity index is 467. The second-order valence-corrected chi connectivity index (χ2v) is 5.82. The highest BCUT2D eigenvalue weighted by atomic mass is 32.1. The Morgan fingerprint density at radius 2 is 2.11 bits per heavy atom. The van der Waals surface area contributed by atoms with Gasteiger partial charge >= 0.3 is 12.0 Å². The minimum atomic E-state index is -1.33. The van der Waals surface area contributed by atoms with Crippen LogP contribution in [0, 0.1) is 0 Å². The van der Waals surface area contributed by atoms with Crippen LogP contribution < -0.4 is 10.6 Å². The van der Waals surface area contributed by atoms with Crippen LogP contribution in [0.5, 0.6) is 0 Å².